The van der Waals surface area contributed by atoms with Gasteiger partial charge in [-0.25, -0.2) is 14.8 Å². The molecule has 8 heteroatoms. The average molecular weight is 363 g/mol. The number of hydrogen-bond acceptors (Lipinski definition) is 7. The van der Waals surface area contributed by atoms with Crippen LogP contribution in [-0.4, -0.2) is 34.2 Å². The molecule has 0 spiro atoms. The number of aromatic nitrogens is 2. The molecule has 1 aliphatic rings. The van der Waals surface area contributed by atoms with Crippen molar-refractivity contribution in [3.8, 4) is 0 Å². The van der Waals surface area contributed by atoms with E-state index in [0.717, 1.165) is 18.4 Å². The lowest BCUT2D eigenvalue weighted by atomic mass is 10.1. The molecule has 0 aromatic carbocycles. The van der Waals surface area contributed by atoms with Gasteiger partial charge >= 0.3 is 5.97 Å². The van der Waals surface area contributed by atoms with Crippen molar-refractivity contribution >= 4 is 40.0 Å². The first-order valence-electron chi connectivity index (χ1n) is 7.67. The van der Waals surface area contributed by atoms with Crippen molar-refractivity contribution < 1.29 is 14.3 Å². The van der Waals surface area contributed by atoms with Crippen molar-refractivity contribution in [3.05, 3.63) is 35.0 Å². The van der Waals surface area contributed by atoms with Gasteiger partial charge in [0.15, 0.2) is 5.16 Å². The van der Waals surface area contributed by atoms with Crippen molar-refractivity contribution in [1.29, 1.82) is 0 Å². The number of esters is 1. The molecule has 2 aromatic heterocycles. The van der Waals surface area contributed by atoms with Gasteiger partial charge in [-0.3, -0.25) is 4.79 Å². The number of anilines is 1. The summed E-state index contributed by atoms with van der Waals surface area (Å²) in [5.41, 5.74) is 1.51. The van der Waals surface area contributed by atoms with Gasteiger partial charge in [-0.15, -0.1) is 11.3 Å². The van der Waals surface area contributed by atoms with Gasteiger partial charge in [0.05, 0.1) is 17.9 Å². The second-order valence-corrected chi connectivity index (χ2v) is 7.08. The number of thioether (sulfide) groups is 1. The first-order valence-corrected chi connectivity index (χ1v) is 9.53. The molecule has 2 aromatic rings. The monoisotopic (exact) mass is 363 g/mol. The third kappa shape index (κ3) is 4.12. The number of rotatable bonds is 7. The summed E-state index contributed by atoms with van der Waals surface area (Å²) in [7, 11) is 0. The Hall–Kier alpha value is -1.93. The summed E-state index contributed by atoms with van der Waals surface area (Å²) in [5, 5.41) is 5.89. The number of carbonyl (C=O) groups excluding carboxylic acids is 2. The number of nitrogens with one attached hydrogen (secondary N) is 1. The Morgan fingerprint density at radius 3 is 2.79 bits per heavy atom. The van der Waals surface area contributed by atoms with E-state index in [1.807, 2.05) is 5.38 Å². The van der Waals surface area contributed by atoms with Crippen LogP contribution < -0.4 is 5.32 Å². The molecule has 1 N–H and O–H groups in total. The maximum atomic E-state index is 12.2. The predicted octanol–water partition coefficient (Wildman–Crippen LogP) is 3.32. The maximum Gasteiger partial charge on any atom is 0.341 e. The van der Waals surface area contributed by atoms with Gasteiger partial charge in [0.2, 0.25) is 5.91 Å². The minimum absolute atomic E-state index is 0.183. The van der Waals surface area contributed by atoms with Crippen LogP contribution in [0.25, 0.3) is 0 Å². The highest BCUT2D eigenvalue weighted by Crippen LogP contribution is 2.46. The predicted molar refractivity (Wildman–Crippen MR) is 93.6 cm³/mol. The van der Waals surface area contributed by atoms with Crippen molar-refractivity contribution in [1.82, 2.24) is 9.97 Å². The van der Waals surface area contributed by atoms with Crippen LogP contribution in [0.2, 0.25) is 0 Å². The molecule has 1 aliphatic carbocycles. The number of amides is 1. The third-order valence-corrected chi connectivity index (χ3v) is 5.23. The molecule has 6 nitrogen and oxygen atoms in total. The lowest BCUT2D eigenvalue weighted by molar-refractivity contribution is -0.113. The topological polar surface area (TPSA) is 81.2 Å². The molecule has 2 heterocycles. The Balaban J connectivity index is 1.67. The molecule has 1 fully saturated rings. The van der Waals surface area contributed by atoms with Gasteiger partial charge in [-0.1, -0.05) is 11.8 Å². The number of nitrogens with zero attached hydrogens (tertiary/aromatic N) is 2. The van der Waals surface area contributed by atoms with E-state index in [-0.39, 0.29) is 17.6 Å². The molecule has 3 rings (SSSR count). The zero-order valence-corrected chi connectivity index (χ0v) is 14.8. The molecule has 0 unspecified atom stereocenters. The third-order valence-electron chi connectivity index (χ3n) is 3.44. The fourth-order valence-corrected chi connectivity index (χ4v) is 3.87. The lowest BCUT2D eigenvalue weighted by Gasteiger charge is -2.08. The maximum absolute atomic E-state index is 12.2. The van der Waals surface area contributed by atoms with E-state index in [4.69, 9.17) is 4.74 Å². The number of hydrogen-bond donors (Lipinski definition) is 1. The highest BCUT2D eigenvalue weighted by Gasteiger charge is 2.32. The second-order valence-electron chi connectivity index (χ2n) is 5.26. The van der Waals surface area contributed by atoms with Gasteiger partial charge in [0, 0.05) is 12.4 Å². The number of carbonyl (C=O) groups is 2. The van der Waals surface area contributed by atoms with Crippen LogP contribution in [0.4, 0.5) is 5.00 Å². The Morgan fingerprint density at radius 1 is 1.38 bits per heavy atom. The summed E-state index contributed by atoms with van der Waals surface area (Å²) in [4.78, 5) is 32.6. The molecule has 0 saturated heterocycles. The summed E-state index contributed by atoms with van der Waals surface area (Å²) >= 11 is 2.63. The van der Waals surface area contributed by atoms with E-state index in [9.17, 15) is 9.59 Å². The van der Waals surface area contributed by atoms with E-state index in [0.29, 0.717) is 28.2 Å². The fourth-order valence-electron chi connectivity index (χ4n) is 2.22. The minimum atomic E-state index is -0.366. The first kappa shape index (κ1) is 16.9. The average Bonchev–Trinajstić information content (AvgIpc) is 3.35. The standard InChI is InChI=1S/C16H17N3O3S2/c1-2-22-15(21)13-11(10-4-5-10)8-23-14(13)19-12(20)9-24-16-17-6-3-7-18-16/h3,6-8,10H,2,4-5,9H2,1H3,(H,19,20). The summed E-state index contributed by atoms with van der Waals surface area (Å²) in [6.07, 6.45) is 5.43. The van der Waals surface area contributed by atoms with E-state index in [2.05, 4.69) is 15.3 Å². The smallest absolute Gasteiger partial charge is 0.341 e. The van der Waals surface area contributed by atoms with Crippen molar-refractivity contribution in [2.24, 2.45) is 0 Å². The highest BCUT2D eigenvalue weighted by atomic mass is 32.2. The van der Waals surface area contributed by atoms with E-state index >= 15 is 0 Å². The molecule has 24 heavy (non-hydrogen) atoms. The van der Waals surface area contributed by atoms with E-state index in [1.54, 1.807) is 25.4 Å². The molecular formula is C16H17N3O3S2. The van der Waals surface area contributed by atoms with Crippen LogP contribution in [-0.2, 0) is 9.53 Å². The highest BCUT2D eigenvalue weighted by molar-refractivity contribution is 7.99. The Kier molecular flexibility index (Phi) is 5.47. The molecule has 126 valence electrons. The SMILES string of the molecule is CCOC(=O)c1c(C2CC2)csc1NC(=O)CSc1ncccn1. The van der Waals surface area contributed by atoms with Gasteiger partial charge in [0.25, 0.3) is 0 Å². The quantitative estimate of drug-likeness (QED) is 0.462. The number of ether oxygens (including phenoxy) is 1. The Labute approximate surface area is 148 Å². The molecule has 0 aliphatic heterocycles. The molecule has 0 radical (unpaired) electrons. The molecule has 1 amide bonds. The van der Waals surface area contributed by atoms with Gasteiger partial charge in [-0.05, 0) is 42.7 Å². The second kappa shape index (κ2) is 7.76. The van der Waals surface area contributed by atoms with Crippen LogP contribution in [0.1, 0.15) is 41.6 Å². The Bertz CT molecular complexity index is 729. The number of thiophene rings is 1. The van der Waals surface area contributed by atoms with Crippen LogP contribution in [0, 0.1) is 0 Å². The van der Waals surface area contributed by atoms with E-state index in [1.165, 1.54) is 23.1 Å². The van der Waals surface area contributed by atoms with Crippen LogP contribution >= 0.6 is 23.1 Å². The molecule has 0 atom stereocenters. The molecule has 1 saturated carbocycles. The zero-order chi connectivity index (χ0) is 16.9. The zero-order valence-electron chi connectivity index (χ0n) is 13.2. The van der Waals surface area contributed by atoms with Crippen LogP contribution in [0.5, 0.6) is 0 Å². The largest absolute Gasteiger partial charge is 0.462 e. The van der Waals surface area contributed by atoms with Crippen LogP contribution in [0.3, 0.4) is 0 Å². The minimum Gasteiger partial charge on any atom is -0.462 e. The summed E-state index contributed by atoms with van der Waals surface area (Å²) in [5.74, 6) is 0.0405. The Morgan fingerprint density at radius 2 is 2.12 bits per heavy atom. The first-order chi connectivity index (χ1) is 11.7. The lowest BCUT2D eigenvalue weighted by Crippen LogP contribution is -2.16. The molecule has 0 bridgehead atoms. The van der Waals surface area contributed by atoms with Gasteiger partial charge < -0.3 is 10.1 Å². The van der Waals surface area contributed by atoms with Gasteiger partial charge in [0.1, 0.15) is 5.00 Å². The van der Waals surface area contributed by atoms with Crippen molar-refractivity contribution in [3.63, 3.8) is 0 Å². The van der Waals surface area contributed by atoms with Crippen molar-refractivity contribution in [2.75, 3.05) is 17.7 Å². The summed E-state index contributed by atoms with van der Waals surface area (Å²) in [6, 6.07) is 1.72. The van der Waals surface area contributed by atoms with Gasteiger partial charge in [-0.2, -0.15) is 0 Å². The summed E-state index contributed by atoms with van der Waals surface area (Å²) in [6.45, 7) is 2.09. The fraction of sp³-hybridized carbons (Fsp3) is 0.375. The normalized spacial score (nSPS) is 13.5. The van der Waals surface area contributed by atoms with Crippen LogP contribution in [0.15, 0.2) is 29.0 Å². The van der Waals surface area contributed by atoms with Crippen molar-refractivity contribution in [2.45, 2.75) is 30.8 Å². The van der Waals surface area contributed by atoms with E-state index < -0.39 is 0 Å². The summed E-state index contributed by atoms with van der Waals surface area (Å²) < 4.78 is 5.15. The molecular weight excluding hydrogens is 346 g/mol.